The second-order valence-corrected chi connectivity index (χ2v) is 4.88. The van der Waals surface area contributed by atoms with Crippen LogP contribution in [0.2, 0.25) is 0 Å². The second kappa shape index (κ2) is 4.70. The van der Waals surface area contributed by atoms with E-state index in [1.165, 1.54) is 0 Å². The van der Waals surface area contributed by atoms with Crippen molar-refractivity contribution in [2.45, 2.75) is 27.7 Å². The average molecular weight is 224 g/mol. The van der Waals surface area contributed by atoms with Crippen LogP contribution < -0.4 is 11.1 Å². The molecule has 90 valence electrons. The molecule has 3 N–H and O–H groups in total. The molecule has 0 aromatic carbocycles. The molecule has 0 saturated carbocycles. The number of carbonyl (C=O) groups excluding carboxylic acids is 1. The van der Waals surface area contributed by atoms with Gasteiger partial charge < -0.3 is 15.5 Å². The zero-order valence-electron chi connectivity index (χ0n) is 10.4. The lowest BCUT2D eigenvalue weighted by Gasteiger charge is -2.22. The fourth-order valence-electron chi connectivity index (χ4n) is 1.34. The van der Waals surface area contributed by atoms with Gasteiger partial charge in [0.25, 0.3) is 5.91 Å². The first-order chi connectivity index (χ1) is 7.35. The maximum atomic E-state index is 11.8. The van der Waals surface area contributed by atoms with Crippen LogP contribution >= 0.6 is 0 Å². The molecule has 0 atom stereocenters. The third kappa shape index (κ3) is 3.10. The Morgan fingerprint density at radius 1 is 1.50 bits per heavy atom. The fourth-order valence-corrected chi connectivity index (χ4v) is 1.34. The Labute approximate surface area is 96.2 Å². The smallest absolute Gasteiger partial charge is 0.254 e. The van der Waals surface area contributed by atoms with Crippen LogP contribution in [0.25, 0.3) is 0 Å². The van der Waals surface area contributed by atoms with Gasteiger partial charge in [0, 0.05) is 6.54 Å². The normalized spacial score (nSPS) is 11.6. The summed E-state index contributed by atoms with van der Waals surface area (Å²) in [5.74, 6) is 1.30. The molecule has 1 rings (SSSR count). The lowest BCUT2D eigenvalue weighted by atomic mass is 9.94. The van der Waals surface area contributed by atoms with Crippen LogP contribution in [0, 0.1) is 19.3 Å². The minimum absolute atomic E-state index is 0.0810. The highest BCUT2D eigenvalue weighted by atomic mass is 16.3. The topological polar surface area (TPSA) is 68.3 Å². The summed E-state index contributed by atoms with van der Waals surface area (Å²) in [7, 11) is 0. The molecule has 0 spiro atoms. The summed E-state index contributed by atoms with van der Waals surface area (Å²) in [4.78, 5) is 11.8. The molecular weight excluding hydrogens is 204 g/mol. The van der Waals surface area contributed by atoms with Crippen LogP contribution in [0.1, 0.15) is 35.7 Å². The number of hydrogen-bond acceptors (Lipinski definition) is 3. The molecule has 0 saturated heterocycles. The summed E-state index contributed by atoms with van der Waals surface area (Å²) in [5, 5.41) is 2.87. The van der Waals surface area contributed by atoms with E-state index in [-0.39, 0.29) is 11.3 Å². The van der Waals surface area contributed by atoms with Gasteiger partial charge in [0.15, 0.2) is 0 Å². The number of furan rings is 1. The molecule has 1 aromatic heterocycles. The van der Waals surface area contributed by atoms with Crippen LogP contribution in [0.3, 0.4) is 0 Å². The van der Waals surface area contributed by atoms with Crippen molar-refractivity contribution in [1.29, 1.82) is 0 Å². The fraction of sp³-hybridized carbons (Fsp3) is 0.583. The van der Waals surface area contributed by atoms with Crippen LogP contribution in [-0.4, -0.2) is 19.0 Å². The summed E-state index contributed by atoms with van der Waals surface area (Å²) in [6, 6.07) is 1.75. The summed E-state index contributed by atoms with van der Waals surface area (Å²) in [6.45, 7) is 8.74. The van der Waals surface area contributed by atoms with Crippen LogP contribution in [-0.2, 0) is 0 Å². The van der Waals surface area contributed by atoms with E-state index in [1.807, 2.05) is 20.8 Å². The Morgan fingerprint density at radius 2 is 2.12 bits per heavy atom. The molecule has 4 nitrogen and oxygen atoms in total. The zero-order valence-corrected chi connectivity index (χ0v) is 10.4. The highest BCUT2D eigenvalue weighted by molar-refractivity contribution is 5.95. The molecule has 1 aromatic rings. The molecule has 0 aliphatic heterocycles. The van der Waals surface area contributed by atoms with Gasteiger partial charge in [0.2, 0.25) is 0 Å². The quantitative estimate of drug-likeness (QED) is 0.816. The Bertz CT molecular complexity index is 380. The highest BCUT2D eigenvalue weighted by Crippen LogP contribution is 2.15. The molecule has 0 bridgehead atoms. The Kier molecular flexibility index (Phi) is 3.75. The van der Waals surface area contributed by atoms with Crippen LogP contribution in [0.4, 0.5) is 0 Å². The minimum Gasteiger partial charge on any atom is -0.466 e. The van der Waals surface area contributed by atoms with Crippen molar-refractivity contribution in [2.24, 2.45) is 11.1 Å². The summed E-state index contributed by atoms with van der Waals surface area (Å²) in [5.41, 5.74) is 6.12. The standard InChI is InChI=1S/C12H20N2O2/c1-8-5-10(9(2)16-8)11(15)14-7-12(3,4)6-13/h5H,6-7,13H2,1-4H3,(H,14,15). The predicted molar refractivity (Wildman–Crippen MR) is 63.4 cm³/mol. The monoisotopic (exact) mass is 224 g/mol. The van der Waals surface area contributed by atoms with E-state index >= 15 is 0 Å². The van der Waals surface area contributed by atoms with E-state index in [0.29, 0.717) is 24.4 Å². The lowest BCUT2D eigenvalue weighted by molar-refractivity contribution is 0.0936. The molecule has 1 amide bonds. The molecule has 4 heteroatoms. The second-order valence-electron chi connectivity index (χ2n) is 4.88. The van der Waals surface area contributed by atoms with Gasteiger partial charge in [0.05, 0.1) is 5.56 Å². The minimum atomic E-state index is -0.101. The number of nitrogens with two attached hydrogens (primary N) is 1. The SMILES string of the molecule is Cc1cc(C(=O)NCC(C)(C)CN)c(C)o1. The summed E-state index contributed by atoms with van der Waals surface area (Å²) in [6.07, 6.45) is 0. The van der Waals surface area contributed by atoms with Gasteiger partial charge in [-0.15, -0.1) is 0 Å². The van der Waals surface area contributed by atoms with E-state index in [9.17, 15) is 4.79 Å². The van der Waals surface area contributed by atoms with Crippen molar-refractivity contribution in [2.75, 3.05) is 13.1 Å². The number of aryl methyl sites for hydroxylation is 2. The summed E-state index contributed by atoms with van der Waals surface area (Å²) < 4.78 is 5.31. The highest BCUT2D eigenvalue weighted by Gasteiger charge is 2.19. The first kappa shape index (κ1) is 12.8. The predicted octanol–water partition coefficient (Wildman–Crippen LogP) is 1.61. The number of amides is 1. The molecule has 0 aliphatic rings. The van der Waals surface area contributed by atoms with Gasteiger partial charge in [-0.1, -0.05) is 13.8 Å². The Hall–Kier alpha value is -1.29. The van der Waals surface area contributed by atoms with E-state index in [4.69, 9.17) is 10.2 Å². The first-order valence-corrected chi connectivity index (χ1v) is 5.41. The maximum Gasteiger partial charge on any atom is 0.254 e. The average Bonchev–Trinajstić information content (AvgIpc) is 2.54. The number of hydrogen-bond donors (Lipinski definition) is 2. The van der Waals surface area contributed by atoms with Gasteiger partial charge in [-0.25, -0.2) is 0 Å². The number of rotatable bonds is 4. The number of carbonyl (C=O) groups is 1. The molecular formula is C12H20N2O2. The van der Waals surface area contributed by atoms with Crippen molar-refractivity contribution in [1.82, 2.24) is 5.32 Å². The van der Waals surface area contributed by atoms with Crippen LogP contribution in [0.15, 0.2) is 10.5 Å². The molecule has 0 radical (unpaired) electrons. The molecule has 16 heavy (non-hydrogen) atoms. The molecule has 0 fully saturated rings. The van der Waals surface area contributed by atoms with Gasteiger partial charge in [-0.2, -0.15) is 0 Å². The summed E-state index contributed by atoms with van der Waals surface area (Å²) >= 11 is 0. The maximum absolute atomic E-state index is 11.8. The van der Waals surface area contributed by atoms with Crippen molar-refractivity contribution in [3.05, 3.63) is 23.2 Å². The largest absolute Gasteiger partial charge is 0.466 e. The Morgan fingerprint density at radius 3 is 2.56 bits per heavy atom. The van der Waals surface area contributed by atoms with E-state index in [0.717, 1.165) is 5.76 Å². The lowest BCUT2D eigenvalue weighted by Crippen LogP contribution is -2.38. The van der Waals surface area contributed by atoms with E-state index < -0.39 is 0 Å². The molecule has 0 unspecified atom stereocenters. The third-order valence-electron chi connectivity index (χ3n) is 2.57. The van der Waals surface area contributed by atoms with E-state index in [2.05, 4.69) is 5.32 Å². The van der Waals surface area contributed by atoms with E-state index in [1.54, 1.807) is 13.0 Å². The van der Waals surface area contributed by atoms with Crippen molar-refractivity contribution < 1.29 is 9.21 Å². The van der Waals surface area contributed by atoms with Crippen LogP contribution in [0.5, 0.6) is 0 Å². The zero-order chi connectivity index (χ0) is 12.3. The van der Waals surface area contributed by atoms with Gasteiger partial charge in [-0.05, 0) is 31.9 Å². The Balaban J connectivity index is 2.63. The first-order valence-electron chi connectivity index (χ1n) is 5.41. The van der Waals surface area contributed by atoms with Gasteiger partial charge in [0.1, 0.15) is 11.5 Å². The number of nitrogens with one attached hydrogen (secondary N) is 1. The van der Waals surface area contributed by atoms with Gasteiger partial charge in [-0.3, -0.25) is 4.79 Å². The van der Waals surface area contributed by atoms with Gasteiger partial charge >= 0.3 is 0 Å². The molecule has 1 heterocycles. The third-order valence-corrected chi connectivity index (χ3v) is 2.57. The van der Waals surface area contributed by atoms with Crippen molar-refractivity contribution >= 4 is 5.91 Å². The molecule has 0 aliphatic carbocycles. The van der Waals surface area contributed by atoms with Crippen molar-refractivity contribution in [3.63, 3.8) is 0 Å². The van der Waals surface area contributed by atoms with Crippen molar-refractivity contribution in [3.8, 4) is 0 Å².